The molecule has 0 saturated heterocycles. The number of methoxy groups -OCH3 is 1. The SMILES string of the molecule is COCCNc1ccc(-c2cccc(C(C)C(=O)Nc3ccc(-c4ccnc(C)c4)cc3)c2)cn1. The number of carbonyl (C=O) groups is 1. The molecule has 1 unspecified atom stereocenters. The first-order valence-electron chi connectivity index (χ1n) is 11.7. The van der Waals surface area contributed by atoms with Gasteiger partial charge in [0.15, 0.2) is 0 Å². The summed E-state index contributed by atoms with van der Waals surface area (Å²) in [5.74, 6) is 0.450. The predicted octanol–water partition coefficient (Wildman–Crippen LogP) is 5.92. The molecule has 1 amide bonds. The molecule has 0 fully saturated rings. The summed E-state index contributed by atoms with van der Waals surface area (Å²) in [4.78, 5) is 21.7. The molecule has 0 spiro atoms. The highest BCUT2D eigenvalue weighted by molar-refractivity contribution is 5.96. The summed E-state index contributed by atoms with van der Waals surface area (Å²) in [6, 6.07) is 23.9. The van der Waals surface area contributed by atoms with Crippen molar-refractivity contribution >= 4 is 17.4 Å². The minimum Gasteiger partial charge on any atom is -0.383 e. The fourth-order valence-electron chi connectivity index (χ4n) is 3.81. The first-order valence-corrected chi connectivity index (χ1v) is 11.7. The van der Waals surface area contributed by atoms with Gasteiger partial charge in [-0.25, -0.2) is 4.98 Å². The first kappa shape index (κ1) is 24.1. The minimum absolute atomic E-state index is 0.0505. The Morgan fingerprint density at radius 1 is 0.914 bits per heavy atom. The van der Waals surface area contributed by atoms with Gasteiger partial charge in [-0.15, -0.1) is 0 Å². The molecule has 0 aliphatic carbocycles. The Balaban J connectivity index is 1.41. The van der Waals surface area contributed by atoms with Crippen molar-refractivity contribution in [2.75, 3.05) is 30.9 Å². The maximum atomic E-state index is 13.0. The van der Waals surface area contributed by atoms with Crippen LogP contribution in [0.15, 0.2) is 85.2 Å². The highest BCUT2D eigenvalue weighted by Gasteiger charge is 2.16. The second-order valence-electron chi connectivity index (χ2n) is 8.45. The number of hydrogen-bond donors (Lipinski definition) is 2. The number of pyridine rings is 2. The van der Waals surface area contributed by atoms with E-state index < -0.39 is 0 Å². The van der Waals surface area contributed by atoms with Crippen LogP contribution in [-0.4, -0.2) is 36.1 Å². The third kappa shape index (κ3) is 6.31. The predicted molar refractivity (Wildman–Crippen MR) is 141 cm³/mol. The van der Waals surface area contributed by atoms with Gasteiger partial charge in [-0.3, -0.25) is 9.78 Å². The number of carbonyl (C=O) groups excluding carboxylic acids is 1. The number of rotatable bonds is 9. The molecule has 0 saturated carbocycles. The minimum atomic E-state index is -0.305. The summed E-state index contributed by atoms with van der Waals surface area (Å²) in [5.41, 5.74) is 6.91. The number of aromatic nitrogens is 2. The summed E-state index contributed by atoms with van der Waals surface area (Å²) in [6.45, 7) is 5.22. The number of ether oxygens (including phenoxy) is 1. The van der Waals surface area contributed by atoms with Gasteiger partial charge in [-0.1, -0.05) is 36.4 Å². The van der Waals surface area contributed by atoms with E-state index in [0.717, 1.165) is 45.0 Å². The molecular weight excluding hydrogens is 436 g/mol. The van der Waals surface area contributed by atoms with Gasteiger partial charge >= 0.3 is 0 Å². The Labute approximate surface area is 206 Å². The molecular formula is C29H30N4O2. The van der Waals surface area contributed by atoms with Gasteiger partial charge in [0.1, 0.15) is 5.82 Å². The van der Waals surface area contributed by atoms with Crippen LogP contribution in [0.5, 0.6) is 0 Å². The van der Waals surface area contributed by atoms with E-state index in [1.165, 1.54) is 0 Å². The number of nitrogens with one attached hydrogen (secondary N) is 2. The molecule has 0 bridgehead atoms. The van der Waals surface area contributed by atoms with Crippen molar-refractivity contribution in [3.8, 4) is 22.3 Å². The standard InChI is InChI=1S/C29H30N4O2/c1-20-17-25(13-14-30-20)22-7-10-27(11-8-22)33-29(34)21(2)23-5-4-6-24(18-23)26-9-12-28(32-19-26)31-15-16-35-3/h4-14,17-19,21H,15-16H2,1-3H3,(H,31,32)(H,33,34). The molecule has 0 aliphatic rings. The van der Waals surface area contributed by atoms with E-state index in [9.17, 15) is 4.79 Å². The zero-order valence-corrected chi connectivity index (χ0v) is 20.3. The number of hydrogen-bond acceptors (Lipinski definition) is 5. The lowest BCUT2D eigenvalue weighted by molar-refractivity contribution is -0.117. The molecule has 6 heteroatoms. The van der Waals surface area contributed by atoms with Gasteiger partial charge in [-0.05, 0) is 72.5 Å². The summed E-state index contributed by atoms with van der Waals surface area (Å²) < 4.78 is 5.05. The van der Waals surface area contributed by atoms with Crippen LogP contribution in [0.4, 0.5) is 11.5 Å². The molecule has 0 aliphatic heterocycles. The molecule has 178 valence electrons. The lowest BCUT2D eigenvalue weighted by atomic mass is 9.96. The number of anilines is 2. The van der Waals surface area contributed by atoms with Gasteiger partial charge < -0.3 is 15.4 Å². The Morgan fingerprint density at radius 3 is 2.40 bits per heavy atom. The molecule has 2 aromatic heterocycles. The van der Waals surface area contributed by atoms with Crippen molar-refractivity contribution < 1.29 is 9.53 Å². The number of nitrogens with zero attached hydrogens (tertiary/aromatic N) is 2. The Kier molecular flexibility index (Phi) is 7.85. The van der Waals surface area contributed by atoms with Crippen molar-refractivity contribution in [2.45, 2.75) is 19.8 Å². The van der Waals surface area contributed by atoms with Crippen LogP contribution in [0.2, 0.25) is 0 Å². The zero-order chi connectivity index (χ0) is 24.6. The van der Waals surface area contributed by atoms with E-state index in [0.29, 0.717) is 13.2 Å². The summed E-state index contributed by atoms with van der Waals surface area (Å²) in [7, 11) is 1.67. The molecule has 35 heavy (non-hydrogen) atoms. The average molecular weight is 467 g/mol. The number of benzene rings is 2. The first-order chi connectivity index (χ1) is 17.0. The summed E-state index contributed by atoms with van der Waals surface area (Å²) >= 11 is 0. The molecule has 4 rings (SSSR count). The van der Waals surface area contributed by atoms with Crippen LogP contribution >= 0.6 is 0 Å². The molecule has 0 radical (unpaired) electrons. The van der Waals surface area contributed by atoms with Crippen molar-refractivity contribution in [1.82, 2.24) is 9.97 Å². The van der Waals surface area contributed by atoms with Gasteiger partial charge in [0.2, 0.25) is 5.91 Å². The fourth-order valence-corrected chi connectivity index (χ4v) is 3.81. The van der Waals surface area contributed by atoms with Crippen LogP contribution < -0.4 is 10.6 Å². The van der Waals surface area contributed by atoms with Crippen LogP contribution in [0.3, 0.4) is 0 Å². The second-order valence-corrected chi connectivity index (χ2v) is 8.45. The van der Waals surface area contributed by atoms with E-state index in [-0.39, 0.29) is 11.8 Å². The Morgan fingerprint density at radius 2 is 1.69 bits per heavy atom. The number of amides is 1. The fraction of sp³-hybridized carbons (Fsp3) is 0.207. The molecule has 1 atom stereocenters. The largest absolute Gasteiger partial charge is 0.383 e. The topological polar surface area (TPSA) is 76.1 Å². The van der Waals surface area contributed by atoms with E-state index in [1.54, 1.807) is 13.3 Å². The molecule has 2 aromatic carbocycles. The van der Waals surface area contributed by atoms with E-state index in [1.807, 2.05) is 92.8 Å². The van der Waals surface area contributed by atoms with Crippen LogP contribution in [0, 0.1) is 6.92 Å². The molecule has 2 heterocycles. The quantitative estimate of drug-likeness (QED) is 0.300. The lowest BCUT2D eigenvalue weighted by Gasteiger charge is -2.14. The highest BCUT2D eigenvalue weighted by atomic mass is 16.5. The van der Waals surface area contributed by atoms with Crippen molar-refractivity contribution in [3.63, 3.8) is 0 Å². The second kappa shape index (κ2) is 11.4. The maximum Gasteiger partial charge on any atom is 0.231 e. The Bertz CT molecular complexity index is 1270. The van der Waals surface area contributed by atoms with Crippen molar-refractivity contribution in [2.24, 2.45) is 0 Å². The van der Waals surface area contributed by atoms with E-state index >= 15 is 0 Å². The molecule has 4 aromatic rings. The zero-order valence-electron chi connectivity index (χ0n) is 20.3. The maximum absolute atomic E-state index is 13.0. The average Bonchev–Trinajstić information content (AvgIpc) is 2.89. The third-order valence-electron chi connectivity index (χ3n) is 5.87. The number of aryl methyl sites for hydroxylation is 1. The van der Waals surface area contributed by atoms with Crippen LogP contribution in [0.25, 0.3) is 22.3 Å². The van der Waals surface area contributed by atoms with Crippen LogP contribution in [-0.2, 0) is 9.53 Å². The van der Waals surface area contributed by atoms with Gasteiger partial charge in [-0.2, -0.15) is 0 Å². The third-order valence-corrected chi connectivity index (χ3v) is 5.87. The highest BCUT2D eigenvalue weighted by Crippen LogP contribution is 2.26. The smallest absolute Gasteiger partial charge is 0.231 e. The Hall–Kier alpha value is -4.03. The monoisotopic (exact) mass is 466 g/mol. The lowest BCUT2D eigenvalue weighted by Crippen LogP contribution is -2.18. The molecule has 6 nitrogen and oxygen atoms in total. The summed E-state index contributed by atoms with van der Waals surface area (Å²) in [6.07, 6.45) is 3.64. The van der Waals surface area contributed by atoms with Crippen LogP contribution in [0.1, 0.15) is 24.1 Å². The summed E-state index contributed by atoms with van der Waals surface area (Å²) in [5, 5.41) is 6.25. The van der Waals surface area contributed by atoms with Gasteiger partial charge in [0.25, 0.3) is 0 Å². The normalized spacial score (nSPS) is 11.6. The van der Waals surface area contributed by atoms with Crippen molar-refractivity contribution in [1.29, 1.82) is 0 Å². The van der Waals surface area contributed by atoms with Crippen molar-refractivity contribution in [3.05, 3.63) is 96.4 Å². The molecule has 2 N–H and O–H groups in total. The van der Waals surface area contributed by atoms with E-state index in [4.69, 9.17) is 4.74 Å². The van der Waals surface area contributed by atoms with Gasteiger partial charge in [0, 0.05) is 43.0 Å². The van der Waals surface area contributed by atoms with Gasteiger partial charge in [0.05, 0.1) is 12.5 Å². The van der Waals surface area contributed by atoms with E-state index in [2.05, 4.69) is 20.6 Å².